The van der Waals surface area contributed by atoms with E-state index in [1.54, 1.807) is 0 Å². The molecule has 1 aromatic carbocycles. The van der Waals surface area contributed by atoms with Gasteiger partial charge >= 0.3 is 0 Å². The van der Waals surface area contributed by atoms with Crippen molar-refractivity contribution in [3.05, 3.63) is 61.4 Å². The van der Waals surface area contributed by atoms with Crippen molar-refractivity contribution in [2.75, 3.05) is 5.32 Å². The highest BCUT2D eigenvalue weighted by atomic mass is 16.1. The Morgan fingerprint density at radius 1 is 1.25 bits per heavy atom. The number of nitrogens with one attached hydrogen (secondary N) is 2. The van der Waals surface area contributed by atoms with Crippen LogP contribution in [0.5, 0.6) is 0 Å². The molecule has 2 N–H and O–H groups in total. The second kappa shape index (κ2) is 5.01. The van der Waals surface area contributed by atoms with Crippen molar-refractivity contribution in [3.63, 3.8) is 0 Å². The van der Waals surface area contributed by atoms with E-state index >= 15 is 0 Å². The number of rotatable bonds is 3. The maximum absolute atomic E-state index is 11.3. The largest absolute Gasteiger partial charge is 0.346 e. The number of aromatic amines is 1. The lowest BCUT2D eigenvalue weighted by Gasteiger charge is -2.06. The fraction of sp³-hybridized carbons (Fsp3) is 0. The van der Waals surface area contributed by atoms with Gasteiger partial charge in [-0.2, -0.15) is 0 Å². The minimum atomic E-state index is -0.221. The summed E-state index contributed by atoms with van der Waals surface area (Å²) in [7, 11) is 0. The van der Waals surface area contributed by atoms with Crippen molar-refractivity contribution in [3.8, 4) is 11.1 Å². The van der Waals surface area contributed by atoms with Crippen LogP contribution < -0.4 is 5.32 Å². The Bertz CT molecular complexity index is 789. The molecule has 0 fully saturated rings. The molecular formula is C16H13N3O. The second-order valence-corrected chi connectivity index (χ2v) is 4.41. The van der Waals surface area contributed by atoms with Crippen LogP contribution in [0.25, 0.3) is 22.2 Å². The summed E-state index contributed by atoms with van der Waals surface area (Å²) < 4.78 is 0. The summed E-state index contributed by atoms with van der Waals surface area (Å²) in [6, 6.07) is 11.7. The Labute approximate surface area is 116 Å². The number of carbonyl (C=O) groups is 1. The van der Waals surface area contributed by atoms with E-state index in [0.29, 0.717) is 0 Å². The number of pyridine rings is 1. The lowest BCUT2D eigenvalue weighted by molar-refractivity contribution is -0.111. The van der Waals surface area contributed by atoms with Gasteiger partial charge in [-0.15, -0.1) is 0 Å². The summed E-state index contributed by atoms with van der Waals surface area (Å²) in [6.07, 6.45) is 4.93. The van der Waals surface area contributed by atoms with E-state index in [-0.39, 0.29) is 5.91 Å². The molecule has 0 atom stereocenters. The molecule has 3 aromatic rings. The van der Waals surface area contributed by atoms with Crippen molar-refractivity contribution in [1.29, 1.82) is 0 Å². The molecule has 2 aromatic heterocycles. The molecule has 2 heterocycles. The average molecular weight is 263 g/mol. The van der Waals surface area contributed by atoms with Crippen molar-refractivity contribution in [2.24, 2.45) is 0 Å². The molecule has 4 nitrogen and oxygen atoms in total. The Morgan fingerprint density at radius 2 is 2.15 bits per heavy atom. The van der Waals surface area contributed by atoms with Gasteiger partial charge in [-0.05, 0) is 35.9 Å². The Kier molecular flexibility index (Phi) is 3.05. The van der Waals surface area contributed by atoms with Crippen LogP contribution >= 0.6 is 0 Å². The molecule has 1 amide bonds. The third-order valence-electron chi connectivity index (χ3n) is 3.05. The van der Waals surface area contributed by atoms with Crippen LogP contribution in [-0.4, -0.2) is 15.9 Å². The molecular weight excluding hydrogens is 250 g/mol. The van der Waals surface area contributed by atoms with E-state index in [2.05, 4.69) is 27.9 Å². The maximum atomic E-state index is 11.3. The van der Waals surface area contributed by atoms with Crippen LogP contribution in [0.3, 0.4) is 0 Å². The van der Waals surface area contributed by atoms with Gasteiger partial charge in [0.15, 0.2) is 0 Å². The second-order valence-electron chi connectivity index (χ2n) is 4.41. The van der Waals surface area contributed by atoms with Crippen LogP contribution in [0.15, 0.2) is 61.4 Å². The third-order valence-corrected chi connectivity index (χ3v) is 3.05. The summed E-state index contributed by atoms with van der Waals surface area (Å²) in [5, 5.41) is 3.81. The molecule has 4 heteroatoms. The van der Waals surface area contributed by atoms with E-state index in [0.717, 1.165) is 27.8 Å². The summed E-state index contributed by atoms with van der Waals surface area (Å²) in [6.45, 7) is 3.44. The predicted molar refractivity (Wildman–Crippen MR) is 80.4 cm³/mol. The molecule has 3 rings (SSSR count). The van der Waals surface area contributed by atoms with Crippen LogP contribution in [0.1, 0.15) is 0 Å². The fourth-order valence-corrected chi connectivity index (χ4v) is 2.07. The number of hydrogen-bond acceptors (Lipinski definition) is 2. The number of nitrogens with zero attached hydrogens (tertiary/aromatic N) is 1. The quantitative estimate of drug-likeness (QED) is 0.712. The standard InChI is InChI=1S/C16H13N3O/c1-2-15(20)19-14-5-3-4-11(9-14)13-8-12-6-7-17-16(12)18-10-13/h2-10H,1H2,(H,17,18)(H,19,20). The van der Waals surface area contributed by atoms with E-state index in [9.17, 15) is 4.79 Å². The van der Waals surface area contributed by atoms with E-state index < -0.39 is 0 Å². The summed E-state index contributed by atoms with van der Waals surface area (Å²) in [5.41, 5.74) is 3.61. The zero-order chi connectivity index (χ0) is 13.9. The van der Waals surface area contributed by atoms with Crippen molar-refractivity contribution < 1.29 is 4.79 Å². The molecule has 0 bridgehead atoms. The first-order valence-electron chi connectivity index (χ1n) is 6.23. The number of aromatic nitrogens is 2. The average Bonchev–Trinajstić information content (AvgIpc) is 2.94. The molecule has 0 spiro atoms. The summed E-state index contributed by atoms with van der Waals surface area (Å²) in [4.78, 5) is 18.8. The minimum Gasteiger partial charge on any atom is -0.346 e. The van der Waals surface area contributed by atoms with Crippen molar-refractivity contribution in [1.82, 2.24) is 9.97 Å². The van der Waals surface area contributed by atoms with Crippen LogP contribution in [0.2, 0.25) is 0 Å². The molecule has 0 aliphatic carbocycles. The fourth-order valence-electron chi connectivity index (χ4n) is 2.07. The van der Waals surface area contributed by atoms with Crippen LogP contribution in [0.4, 0.5) is 5.69 Å². The van der Waals surface area contributed by atoms with Crippen molar-refractivity contribution in [2.45, 2.75) is 0 Å². The first kappa shape index (κ1) is 12.2. The molecule has 0 aliphatic heterocycles. The Morgan fingerprint density at radius 3 is 3.00 bits per heavy atom. The monoisotopic (exact) mass is 263 g/mol. The van der Waals surface area contributed by atoms with Gasteiger partial charge < -0.3 is 10.3 Å². The Balaban J connectivity index is 1.98. The van der Waals surface area contributed by atoms with Gasteiger partial charge in [-0.25, -0.2) is 4.98 Å². The van der Waals surface area contributed by atoms with Gasteiger partial charge in [0, 0.05) is 29.0 Å². The molecule has 0 saturated carbocycles. The summed E-state index contributed by atoms with van der Waals surface area (Å²) in [5.74, 6) is -0.221. The van der Waals surface area contributed by atoms with Crippen molar-refractivity contribution >= 4 is 22.6 Å². The lowest BCUT2D eigenvalue weighted by atomic mass is 10.1. The first-order valence-corrected chi connectivity index (χ1v) is 6.23. The molecule has 0 radical (unpaired) electrons. The number of fused-ring (bicyclic) bond motifs is 1. The zero-order valence-corrected chi connectivity index (χ0v) is 10.8. The third kappa shape index (κ3) is 2.31. The normalized spacial score (nSPS) is 10.4. The molecule has 98 valence electrons. The predicted octanol–water partition coefficient (Wildman–Crippen LogP) is 3.35. The number of amides is 1. The highest BCUT2D eigenvalue weighted by molar-refractivity contribution is 5.99. The number of carbonyl (C=O) groups excluding carboxylic acids is 1. The van der Waals surface area contributed by atoms with Gasteiger partial charge in [0.1, 0.15) is 5.65 Å². The highest BCUT2D eigenvalue weighted by Crippen LogP contribution is 2.24. The van der Waals surface area contributed by atoms with E-state index in [1.165, 1.54) is 6.08 Å². The summed E-state index contributed by atoms with van der Waals surface area (Å²) >= 11 is 0. The lowest BCUT2D eigenvalue weighted by Crippen LogP contribution is -2.06. The molecule has 20 heavy (non-hydrogen) atoms. The van der Waals surface area contributed by atoms with Gasteiger partial charge in [0.2, 0.25) is 5.91 Å². The van der Waals surface area contributed by atoms with Crippen LogP contribution in [-0.2, 0) is 4.79 Å². The van der Waals surface area contributed by atoms with Gasteiger partial charge in [0.05, 0.1) is 0 Å². The highest BCUT2D eigenvalue weighted by Gasteiger charge is 2.03. The smallest absolute Gasteiger partial charge is 0.247 e. The van der Waals surface area contributed by atoms with Gasteiger partial charge in [-0.3, -0.25) is 4.79 Å². The molecule has 0 saturated heterocycles. The molecule has 0 unspecified atom stereocenters. The van der Waals surface area contributed by atoms with E-state index in [4.69, 9.17) is 0 Å². The minimum absolute atomic E-state index is 0.221. The zero-order valence-electron chi connectivity index (χ0n) is 10.8. The number of hydrogen-bond donors (Lipinski definition) is 2. The van der Waals surface area contributed by atoms with Crippen LogP contribution in [0, 0.1) is 0 Å². The number of H-pyrrole nitrogens is 1. The number of anilines is 1. The number of benzene rings is 1. The maximum Gasteiger partial charge on any atom is 0.247 e. The first-order chi connectivity index (χ1) is 9.76. The SMILES string of the molecule is C=CC(=O)Nc1cccc(-c2cnc3[nH]ccc3c2)c1. The van der Waals surface area contributed by atoms with Gasteiger partial charge in [-0.1, -0.05) is 18.7 Å². The van der Waals surface area contributed by atoms with E-state index in [1.807, 2.05) is 42.7 Å². The Hall–Kier alpha value is -2.88. The van der Waals surface area contributed by atoms with Gasteiger partial charge in [0.25, 0.3) is 0 Å². The topological polar surface area (TPSA) is 57.8 Å². The molecule has 0 aliphatic rings.